The van der Waals surface area contributed by atoms with Gasteiger partial charge in [-0.05, 0) is 24.0 Å². The molecule has 5 nitrogen and oxygen atoms in total. The Balaban J connectivity index is 1.75. The first-order valence-corrected chi connectivity index (χ1v) is 7.22. The van der Waals surface area contributed by atoms with E-state index in [9.17, 15) is 4.79 Å². The zero-order valence-corrected chi connectivity index (χ0v) is 11.5. The van der Waals surface area contributed by atoms with E-state index in [1.807, 2.05) is 17.0 Å². The van der Waals surface area contributed by atoms with Crippen molar-refractivity contribution >= 4 is 6.03 Å². The molecule has 1 saturated heterocycles. The van der Waals surface area contributed by atoms with Crippen LogP contribution in [0.4, 0.5) is 4.79 Å². The van der Waals surface area contributed by atoms with E-state index in [-0.39, 0.29) is 18.1 Å². The van der Waals surface area contributed by atoms with Crippen LogP contribution < -0.4 is 11.1 Å². The van der Waals surface area contributed by atoms with Crippen molar-refractivity contribution < 1.29 is 9.53 Å². The molecule has 1 aromatic rings. The van der Waals surface area contributed by atoms with Gasteiger partial charge in [-0.2, -0.15) is 0 Å². The largest absolute Gasteiger partial charge is 0.379 e. The smallest absolute Gasteiger partial charge is 0.318 e. The van der Waals surface area contributed by atoms with Gasteiger partial charge in [-0.15, -0.1) is 0 Å². The highest BCUT2D eigenvalue weighted by atomic mass is 16.5. The van der Waals surface area contributed by atoms with Gasteiger partial charge in [-0.1, -0.05) is 24.3 Å². The molecule has 3 N–H and O–H groups in total. The molecule has 2 aliphatic rings. The van der Waals surface area contributed by atoms with Crippen molar-refractivity contribution in [3.63, 3.8) is 0 Å². The lowest BCUT2D eigenvalue weighted by Crippen LogP contribution is -2.50. The van der Waals surface area contributed by atoms with E-state index in [0.717, 1.165) is 26.0 Å². The van der Waals surface area contributed by atoms with Gasteiger partial charge < -0.3 is 20.7 Å². The second kappa shape index (κ2) is 5.81. The van der Waals surface area contributed by atoms with E-state index >= 15 is 0 Å². The van der Waals surface area contributed by atoms with Crippen LogP contribution >= 0.6 is 0 Å². The van der Waals surface area contributed by atoms with Crippen LogP contribution in [0.15, 0.2) is 24.3 Å². The summed E-state index contributed by atoms with van der Waals surface area (Å²) >= 11 is 0. The lowest BCUT2D eigenvalue weighted by Gasteiger charge is -2.37. The van der Waals surface area contributed by atoms with Crippen molar-refractivity contribution in [3.8, 4) is 0 Å². The molecule has 0 spiro atoms. The first kappa shape index (κ1) is 13.4. The fraction of sp³-hybridized carbons (Fsp3) is 0.533. The number of urea groups is 1. The molecule has 2 atom stereocenters. The lowest BCUT2D eigenvalue weighted by atomic mass is 9.93. The molecule has 2 heterocycles. The van der Waals surface area contributed by atoms with E-state index in [0.29, 0.717) is 13.2 Å². The number of hydrogen-bond donors (Lipinski definition) is 2. The third-order valence-corrected chi connectivity index (χ3v) is 4.15. The Kier molecular flexibility index (Phi) is 3.89. The summed E-state index contributed by atoms with van der Waals surface area (Å²) in [6, 6.07) is 8.33. The Hall–Kier alpha value is -1.59. The Morgan fingerprint density at radius 1 is 1.45 bits per heavy atom. The summed E-state index contributed by atoms with van der Waals surface area (Å²) in [7, 11) is 0. The van der Waals surface area contributed by atoms with Crippen molar-refractivity contribution in [2.24, 2.45) is 5.73 Å². The maximum Gasteiger partial charge on any atom is 0.318 e. The predicted molar refractivity (Wildman–Crippen MR) is 76.4 cm³/mol. The van der Waals surface area contributed by atoms with Crippen molar-refractivity contribution in [1.29, 1.82) is 0 Å². The molecule has 0 aliphatic carbocycles. The molecule has 0 saturated carbocycles. The Morgan fingerprint density at radius 2 is 2.30 bits per heavy atom. The maximum atomic E-state index is 12.4. The molecule has 0 bridgehead atoms. The van der Waals surface area contributed by atoms with E-state index in [1.54, 1.807) is 0 Å². The lowest BCUT2D eigenvalue weighted by molar-refractivity contribution is 0.161. The highest BCUT2D eigenvalue weighted by Gasteiger charge is 2.31. The molecule has 2 amide bonds. The van der Waals surface area contributed by atoms with Gasteiger partial charge in [0.2, 0.25) is 0 Å². The number of benzene rings is 1. The molecular weight excluding hydrogens is 254 g/mol. The van der Waals surface area contributed by atoms with Gasteiger partial charge in [0.05, 0.1) is 18.7 Å². The van der Waals surface area contributed by atoms with Gasteiger partial charge in [0.25, 0.3) is 0 Å². The summed E-state index contributed by atoms with van der Waals surface area (Å²) in [5.41, 5.74) is 8.39. The molecular formula is C15H21N3O2. The summed E-state index contributed by atoms with van der Waals surface area (Å²) < 4.78 is 5.30. The molecule has 20 heavy (non-hydrogen) atoms. The number of hydrogen-bond acceptors (Lipinski definition) is 3. The molecule has 0 radical (unpaired) electrons. The highest BCUT2D eigenvalue weighted by molar-refractivity contribution is 5.75. The zero-order chi connectivity index (χ0) is 13.9. The Labute approximate surface area is 119 Å². The fourth-order valence-corrected chi connectivity index (χ4v) is 3.05. The summed E-state index contributed by atoms with van der Waals surface area (Å²) in [6.45, 7) is 2.52. The topological polar surface area (TPSA) is 67.6 Å². The first-order valence-electron chi connectivity index (χ1n) is 7.22. The molecule has 5 heteroatoms. The molecule has 108 valence electrons. The number of fused-ring (bicyclic) bond motifs is 1. The number of carbonyl (C=O) groups is 1. The molecule has 2 aliphatic heterocycles. The van der Waals surface area contributed by atoms with Crippen LogP contribution in [-0.4, -0.2) is 43.3 Å². The highest BCUT2D eigenvalue weighted by Crippen LogP contribution is 2.28. The number of nitrogens with two attached hydrogens (primary N) is 1. The predicted octanol–water partition coefficient (Wildman–Crippen LogP) is 1.04. The zero-order valence-electron chi connectivity index (χ0n) is 11.5. The van der Waals surface area contributed by atoms with Crippen molar-refractivity contribution in [3.05, 3.63) is 35.4 Å². The van der Waals surface area contributed by atoms with Crippen LogP contribution in [0, 0.1) is 0 Å². The average molecular weight is 275 g/mol. The SMILES string of the molecule is NCC1c2ccccc2CCN1C(=O)NC1CCOC1. The summed E-state index contributed by atoms with van der Waals surface area (Å²) in [4.78, 5) is 14.3. The first-order chi connectivity index (χ1) is 9.79. The van der Waals surface area contributed by atoms with Gasteiger partial charge in [0.1, 0.15) is 0 Å². The average Bonchev–Trinajstić information content (AvgIpc) is 2.98. The normalized spacial score (nSPS) is 25.4. The van der Waals surface area contributed by atoms with Crippen LogP contribution in [0.5, 0.6) is 0 Å². The number of amides is 2. The third-order valence-electron chi connectivity index (χ3n) is 4.15. The van der Waals surface area contributed by atoms with E-state index in [4.69, 9.17) is 10.5 Å². The number of rotatable bonds is 2. The third kappa shape index (κ3) is 2.51. The summed E-state index contributed by atoms with van der Waals surface area (Å²) in [5.74, 6) is 0. The minimum atomic E-state index is -0.0257. The van der Waals surface area contributed by atoms with Crippen LogP contribution in [-0.2, 0) is 11.2 Å². The molecule has 2 unspecified atom stereocenters. The van der Waals surface area contributed by atoms with E-state index in [2.05, 4.69) is 17.4 Å². The number of ether oxygens (including phenoxy) is 1. The van der Waals surface area contributed by atoms with Crippen LogP contribution in [0.1, 0.15) is 23.6 Å². The second-order valence-electron chi connectivity index (χ2n) is 5.40. The Bertz CT molecular complexity index is 486. The van der Waals surface area contributed by atoms with Crippen LogP contribution in [0.3, 0.4) is 0 Å². The monoisotopic (exact) mass is 275 g/mol. The van der Waals surface area contributed by atoms with Gasteiger partial charge in [0.15, 0.2) is 0 Å². The standard InChI is InChI=1S/C15H21N3O2/c16-9-14-13-4-2-1-3-11(13)5-7-18(14)15(19)17-12-6-8-20-10-12/h1-4,12,14H,5-10,16H2,(H,17,19). The molecule has 0 aromatic heterocycles. The molecule has 3 rings (SSSR count). The van der Waals surface area contributed by atoms with E-state index < -0.39 is 0 Å². The maximum absolute atomic E-state index is 12.4. The van der Waals surface area contributed by atoms with Gasteiger partial charge in [0, 0.05) is 19.7 Å². The summed E-state index contributed by atoms with van der Waals surface area (Å²) in [6.07, 6.45) is 1.78. The molecule has 1 aromatic carbocycles. The Morgan fingerprint density at radius 3 is 3.05 bits per heavy atom. The van der Waals surface area contributed by atoms with Crippen LogP contribution in [0.2, 0.25) is 0 Å². The molecule has 1 fully saturated rings. The van der Waals surface area contributed by atoms with Crippen molar-refractivity contribution in [1.82, 2.24) is 10.2 Å². The van der Waals surface area contributed by atoms with Gasteiger partial charge in [-0.3, -0.25) is 0 Å². The number of nitrogens with one attached hydrogen (secondary N) is 1. The minimum Gasteiger partial charge on any atom is -0.379 e. The van der Waals surface area contributed by atoms with Crippen LogP contribution in [0.25, 0.3) is 0 Å². The van der Waals surface area contributed by atoms with E-state index in [1.165, 1.54) is 11.1 Å². The van der Waals surface area contributed by atoms with Crippen molar-refractivity contribution in [2.45, 2.75) is 24.9 Å². The summed E-state index contributed by atoms with van der Waals surface area (Å²) in [5, 5.41) is 3.05. The quantitative estimate of drug-likeness (QED) is 0.847. The van der Waals surface area contributed by atoms with Gasteiger partial charge >= 0.3 is 6.03 Å². The number of nitrogens with zero attached hydrogens (tertiary/aromatic N) is 1. The van der Waals surface area contributed by atoms with Crippen molar-refractivity contribution in [2.75, 3.05) is 26.3 Å². The minimum absolute atomic E-state index is 0.0227. The second-order valence-corrected chi connectivity index (χ2v) is 5.40. The van der Waals surface area contributed by atoms with Gasteiger partial charge in [-0.25, -0.2) is 4.79 Å². The fourth-order valence-electron chi connectivity index (χ4n) is 3.05. The number of carbonyl (C=O) groups excluding carboxylic acids is 1.